The molecule has 12 heteroatoms. The molecular formula is C10H13F8O3P. The van der Waals surface area contributed by atoms with Crippen molar-refractivity contribution in [1.82, 2.24) is 0 Å². The Kier molecular flexibility index (Phi) is 5.89. The van der Waals surface area contributed by atoms with Gasteiger partial charge >= 0.3 is 26.1 Å². The average Bonchev–Trinajstić information content (AvgIpc) is 2.35. The maximum absolute atomic E-state index is 12.9. The third-order valence-electron chi connectivity index (χ3n) is 3.00. The number of alkyl halides is 8. The smallest absolute Gasteiger partial charge is 0.299 e. The molecule has 0 radical (unpaired) electrons. The Hall–Kier alpha value is -0.410. The van der Waals surface area contributed by atoms with Crippen LogP contribution in [0.25, 0.3) is 0 Å². The highest BCUT2D eigenvalue weighted by molar-refractivity contribution is 7.54. The van der Waals surface area contributed by atoms with Crippen LogP contribution in [0.15, 0.2) is 0 Å². The highest BCUT2D eigenvalue weighted by atomic mass is 31.2. The number of hydrogen-bond donors (Lipinski definition) is 0. The number of hydrogen-bond acceptors (Lipinski definition) is 3. The summed E-state index contributed by atoms with van der Waals surface area (Å²) < 4.78 is 118. The van der Waals surface area contributed by atoms with Crippen LogP contribution in [0.5, 0.6) is 0 Å². The molecule has 0 heterocycles. The fraction of sp³-hybridized carbons (Fsp3) is 1.00. The first-order chi connectivity index (χ1) is 9.77. The van der Waals surface area contributed by atoms with Crippen LogP contribution < -0.4 is 0 Å². The predicted molar refractivity (Wildman–Crippen MR) is 58.6 cm³/mol. The monoisotopic (exact) mass is 364 g/mol. The van der Waals surface area contributed by atoms with Crippen LogP contribution in [0.4, 0.5) is 35.1 Å². The van der Waals surface area contributed by atoms with E-state index in [9.17, 15) is 39.7 Å². The van der Waals surface area contributed by atoms with Crippen molar-refractivity contribution in [3.05, 3.63) is 0 Å². The van der Waals surface area contributed by atoms with Gasteiger partial charge in [-0.3, -0.25) is 9.09 Å². The Morgan fingerprint density at radius 2 is 1.41 bits per heavy atom. The molecule has 3 nitrogen and oxygen atoms in total. The Morgan fingerprint density at radius 1 is 0.909 bits per heavy atom. The zero-order valence-electron chi connectivity index (χ0n) is 11.0. The first-order valence-corrected chi connectivity index (χ1v) is 7.84. The molecule has 0 aliphatic heterocycles. The van der Waals surface area contributed by atoms with Gasteiger partial charge in [-0.05, 0) is 12.8 Å². The molecule has 0 aromatic heterocycles. The van der Waals surface area contributed by atoms with E-state index in [-0.39, 0.29) is 12.8 Å². The van der Waals surface area contributed by atoms with Crippen molar-refractivity contribution in [2.45, 2.75) is 56.2 Å². The first-order valence-electron chi connectivity index (χ1n) is 6.23. The van der Waals surface area contributed by atoms with E-state index in [1.54, 1.807) is 0 Å². The fourth-order valence-electron chi connectivity index (χ4n) is 1.98. The minimum Gasteiger partial charge on any atom is -0.299 e. The maximum Gasteiger partial charge on any atom is 0.483 e. The first kappa shape index (κ1) is 19.6. The Bertz CT molecular complexity index is 413. The average molecular weight is 364 g/mol. The fourth-order valence-corrected chi connectivity index (χ4v) is 4.14. The van der Waals surface area contributed by atoms with Crippen LogP contribution >= 0.6 is 7.60 Å². The molecule has 0 aromatic carbocycles. The lowest BCUT2D eigenvalue weighted by Crippen LogP contribution is -2.40. The van der Waals surface area contributed by atoms with Crippen molar-refractivity contribution >= 4 is 7.60 Å². The number of rotatable bonds is 5. The zero-order valence-corrected chi connectivity index (χ0v) is 11.9. The molecule has 0 saturated heterocycles. The summed E-state index contributed by atoms with van der Waals surface area (Å²) in [6, 6.07) is 0. The van der Waals surface area contributed by atoms with Crippen LogP contribution in [0.2, 0.25) is 0 Å². The summed E-state index contributed by atoms with van der Waals surface area (Å²) in [5.74, 6) is 0. The minimum atomic E-state index is -6.21. The van der Waals surface area contributed by atoms with Crippen LogP contribution in [0.3, 0.4) is 0 Å². The highest BCUT2D eigenvalue weighted by Gasteiger charge is 2.64. The molecule has 1 rings (SSSR count). The summed E-state index contributed by atoms with van der Waals surface area (Å²) in [7, 11) is -5.30. The lowest BCUT2D eigenvalue weighted by atomic mass is 10.0. The molecule has 1 unspecified atom stereocenters. The standard InChI is InChI=1S/C10H13F8O3P/c11-8(12,13)6-20-22(19,7-4-2-1-3-5-7)21-10(17,18)9(14,15)16/h7H,1-6H2. The lowest BCUT2D eigenvalue weighted by Gasteiger charge is -2.32. The van der Waals surface area contributed by atoms with Gasteiger partial charge in [-0.1, -0.05) is 19.3 Å². The van der Waals surface area contributed by atoms with E-state index in [1.807, 2.05) is 0 Å². The molecular weight excluding hydrogens is 351 g/mol. The van der Waals surface area contributed by atoms with Crippen LogP contribution in [0, 0.1) is 0 Å². The van der Waals surface area contributed by atoms with Gasteiger partial charge in [-0.15, -0.1) is 0 Å². The molecule has 0 amide bonds. The molecule has 0 aromatic rings. The molecule has 1 atom stereocenters. The zero-order chi connectivity index (χ0) is 17.2. The largest absolute Gasteiger partial charge is 0.483 e. The number of halogens is 8. The van der Waals surface area contributed by atoms with Gasteiger partial charge in [-0.25, -0.2) is 4.52 Å². The third-order valence-corrected chi connectivity index (χ3v) is 5.39. The van der Waals surface area contributed by atoms with Crippen molar-refractivity contribution in [2.24, 2.45) is 0 Å². The van der Waals surface area contributed by atoms with E-state index in [0.29, 0.717) is 19.3 Å². The quantitative estimate of drug-likeness (QED) is 0.493. The summed E-state index contributed by atoms with van der Waals surface area (Å²) >= 11 is 0. The Labute approximate surface area is 120 Å². The molecule has 1 aliphatic rings. The summed E-state index contributed by atoms with van der Waals surface area (Å²) in [5.41, 5.74) is -1.42. The minimum absolute atomic E-state index is 0.108. The summed E-state index contributed by atoms with van der Waals surface area (Å²) in [6.45, 7) is -2.23. The maximum atomic E-state index is 12.9. The highest BCUT2D eigenvalue weighted by Crippen LogP contribution is 2.62. The van der Waals surface area contributed by atoms with Gasteiger partial charge in [0.05, 0.1) is 5.66 Å². The molecule has 132 valence electrons. The van der Waals surface area contributed by atoms with Gasteiger partial charge in [0.1, 0.15) is 0 Å². The SMILES string of the molecule is O=P(OCC(F)(F)F)(OC(F)(F)C(F)(F)F)C1CCCCC1. The molecule has 22 heavy (non-hydrogen) atoms. The second kappa shape index (κ2) is 6.60. The molecule has 1 fully saturated rings. The van der Waals surface area contributed by atoms with Crippen molar-refractivity contribution in [3.8, 4) is 0 Å². The molecule has 1 saturated carbocycles. The Morgan fingerprint density at radius 3 is 1.82 bits per heavy atom. The van der Waals surface area contributed by atoms with Crippen LogP contribution in [-0.4, -0.2) is 30.7 Å². The molecule has 1 aliphatic carbocycles. The van der Waals surface area contributed by atoms with Gasteiger partial charge < -0.3 is 0 Å². The normalized spacial score (nSPS) is 21.6. The second-order valence-electron chi connectivity index (χ2n) is 4.83. The van der Waals surface area contributed by atoms with Gasteiger partial charge in [0.2, 0.25) is 0 Å². The van der Waals surface area contributed by atoms with Crippen LogP contribution in [0.1, 0.15) is 32.1 Å². The van der Waals surface area contributed by atoms with E-state index in [4.69, 9.17) is 0 Å². The van der Waals surface area contributed by atoms with E-state index in [0.717, 1.165) is 0 Å². The van der Waals surface area contributed by atoms with Crippen molar-refractivity contribution < 1.29 is 48.7 Å². The van der Waals surface area contributed by atoms with E-state index >= 15 is 0 Å². The lowest BCUT2D eigenvalue weighted by molar-refractivity contribution is -0.363. The topological polar surface area (TPSA) is 35.5 Å². The van der Waals surface area contributed by atoms with E-state index in [2.05, 4.69) is 9.05 Å². The summed E-state index contributed by atoms with van der Waals surface area (Å²) in [5, 5.41) is 0. The molecule has 0 bridgehead atoms. The van der Waals surface area contributed by atoms with Crippen LogP contribution in [-0.2, 0) is 13.6 Å². The van der Waals surface area contributed by atoms with Gasteiger partial charge in [-0.2, -0.15) is 35.1 Å². The summed E-state index contributed by atoms with van der Waals surface area (Å²) in [6.07, 6.45) is -16.1. The van der Waals surface area contributed by atoms with E-state index in [1.165, 1.54) is 0 Å². The van der Waals surface area contributed by atoms with Gasteiger partial charge in [0, 0.05) is 0 Å². The molecule has 0 N–H and O–H groups in total. The predicted octanol–water partition coefficient (Wildman–Crippen LogP) is 5.26. The van der Waals surface area contributed by atoms with Crippen molar-refractivity contribution in [3.63, 3.8) is 0 Å². The summed E-state index contributed by atoms with van der Waals surface area (Å²) in [4.78, 5) is 0. The van der Waals surface area contributed by atoms with E-state index < -0.39 is 38.3 Å². The van der Waals surface area contributed by atoms with Gasteiger partial charge in [0.15, 0.2) is 6.61 Å². The van der Waals surface area contributed by atoms with Gasteiger partial charge in [0.25, 0.3) is 0 Å². The molecule has 0 spiro atoms. The third kappa shape index (κ3) is 5.34. The second-order valence-corrected chi connectivity index (χ2v) is 7.08. The van der Waals surface area contributed by atoms with Crippen molar-refractivity contribution in [1.29, 1.82) is 0 Å². The van der Waals surface area contributed by atoms with Crippen molar-refractivity contribution in [2.75, 3.05) is 6.61 Å². The Balaban J connectivity index is 2.97.